The van der Waals surface area contributed by atoms with Crippen molar-refractivity contribution < 1.29 is 13.5 Å². The van der Waals surface area contributed by atoms with E-state index in [1.165, 1.54) is 0 Å². The monoisotopic (exact) mass is 192 g/mol. The summed E-state index contributed by atoms with van der Waals surface area (Å²) in [5.41, 5.74) is 0. The van der Waals surface area contributed by atoms with Crippen molar-refractivity contribution in [1.29, 1.82) is 0 Å². The third-order valence-electron chi connectivity index (χ3n) is 2.35. The fourth-order valence-corrected chi connectivity index (χ4v) is 3.56. The number of sulfone groups is 1. The Hall–Kier alpha value is -0.0900. The lowest BCUT2D eigenvalue weighted by Gasteiger charge is -2.04. The maximum atomic E-state index is 11.0. The van der Waals surface area contributed by atoms with Crippen LogP contribution < -0.4 is 0 Å². The number of unbranched alkanes of at least 4 members (excludes halogenated alkanes) is 1. The molecule has 1 aliphatic rings. The second-order valence-electron chi connectivity index (χ2n) is 3.49. The first-order valence-corrected chi connectivity index (χ1v) is 6.27. The van der Waals surface area contributed by atoms with Gasteiger partial charge in [0.15, 0.2) is 9.84 Å². The van der Waals surface area contributed by atoms with Crippen LogP contribution in [0.15, 0.2) is 0 Å². The fourth-order valence-electron chi connectivity index (χ4n) is 1.64. The lowest BCUT2D eigenvalue weighted by Crippen LogP contribution is -2.04. The maximum absolute atomic E-state index is 11.0. The first-order chi connectivity index (χ1) is 5.64. The zero-order chi connectivity index (χ0) is 9.03. The minimum atomic E-state index is -2.70. The van der Waals surface area contributed by atoms with Crippen molar-refractivity contribution in [2.75, 3.05) is 18.1 Å². The zero-order valence-electron chi connectivity index (χ0n) is 7.20. The van der Waals surface area contributed by atoms with Gasteiger partial charge in [-0.1, -0.05) is 6.42 Å². The molecule has 0 bridgehead atoms. The highest BCUT2D eigenvalue weighted by molar-refractivity contribution is 7.91. The molecule has 0 radical (unpaired) electrons. The third-order valence-corrected chi connectivity index (χ3v) is 4.18. The average molecular weight is 192 g/mol. The quantitative estimate of drug-likeness (QED) is 0.663. The second-order valence-corrected chi connectivity index (χ2v) is 5.72. The van der Waals surface area contributed by atoms with Gasteiger partial charge >= 0.3 is 0 Å². The molecule has 1 aliphatic heterocycles. The van der Waals surface area contributed by atoms with Crippen LogP contribution in [0.25, 0.3) is 0 Å². The largest absolute Gasteiger partial charge is 0.396 e. The van der Waals surface area contributed by atoms with Gasteiger partial charge in [0.1, 0.15) is 0 Å². The summed E-state index contributed by atoms with van der Waals surface area (Å²) < 4.78 is 22.0. The minimum absolute atomic E-state index is 0.222. The van der Waals surface area contributed by atoms with Crippen molar-refractivity contribution in [2.45, 2.75) is 25.7 Å². The van der Waals surface area contributed by atoms with Crippen LogP contribution in [0.1, 0.15) is 25.7 Å². The summed E-state index contributed by atoms with van der Waals surface area (Å²) in [6.45, 7) is 0.222. The van der Waals surface area contributed by atoms with Crippen LogP contribution in [-0.2, 0) is 9.84 Å². The minimum Gasteiger partial charge on any atom is -0.396 e. The van der Waals surface area contributed by atoms with E-state index >= 15 is 0 Å². The molecule has 0 amide bonds. The summed E-state index contributed by atoms with van der Waals surface area (Å²) in [5, 5.41) is 8.52. The number of rotatable bonds is 4. The number of aliphatic hydroxyl groups excluding tert-OH is 1. The van der Waals surface area contributed by atoms with E-state index < -0.39 is 9.84 Å². The van der Waals surface area contributed by atoms with E-state index in [0.29, 0.717) is 17.4 Å². The first kappa shape index (κ1) is 9.99. The molecular weight excluding hydrogens is 176 g/mol. The molecule has 1 N–H and O–H groups in total. The van der Waals surface area contributed by atoms with Gasteiger partial charge in [0.2, 0.25) is 0 Å². The highest BCUT2D eigenvalue weighted by atomic mass is 32.2. The van der Waals surface area contributed by atoms with Gasteiger partial charge in [0.25, 0.3) is 0 Å². The van der Waals surface area contributed by atoms with Crippen LogP contribution >= 0.6 is 0 Å². The molecule has 72 valence electrons. The first-order valence-electron chi connectivity index (χ1n) is 4.45. The highest BCUT2D eigenvalue weighted by Gasteiger charge is 2.26. The summed E-state index contributed by atoms with van der Waals surface area (Å²) >= 11 is 0. The molecule has 0 spiro atoms. The van der Waals surface area contributed by atoms with E-state index in [9.17, 15) is 8.42 Å². The van der Waals surface area contributed by atoms with Crippen LogP contribution in [0, 0.1) is 5.92 Å². The van der Waals surface area contributed by atoms with Crippen molar-refractivity contribution in [3.8, 4) is 0 Å². The summed E-state index contributed by atoms with van der Waals surface area (Å²) in [6.07, 6.45) is 3.54. The molecule has 1 unspecified atom stereocenters. The van der Waals surface area contributed by atoms with Crippen molar-refractivity contribution in [3.63, 3.8) is 0 Å². The van der Waals surface area contributed by atoms with Gasteiger partial charge < -0.3 is 5.11 Å². The molecule has 1 fully saturated rings. The highest BCUT2D eigenvalue weighted by Crippen LogP contribution is 2.23. The molecule has 4 heteroatoms. The summed E-state index contributed by atoms with van der Waals surface area (Å²) in [7, 11) is -2.70. The molecular formula is C8H16O3S. The van der Waals surface area contributed by atoms with Crippen molar-refractivity contribution in [1.82, 2.24) is 0 Å². The Kier molecular flexibility index (Phi) is 3.53. The van der Waals surface area contributed by atoms with Crippen LogP contribution in [-0.4, -0.2) is 31.6 Å². The summed E-state index contributed by atoms with van der Waals surface area (Å²) in [6, 6.07) is 0. The Morgan fingerprint density at radius 3 is 2.58 bits per heavy atom. The molecule has 1 saturated heterocycles. The maximum Gasteiger partial charge on any atom is 0.150 e. The topological polar surface area (TPSA) is 54.4 Å². The molecule has 1 heterocycles. The Balaban J connectivity index is 2.20. The summed E-state index contributed by atoms with van der Waals surface area (Å²) in [5.74, 6) is 1.11. The Bertz CT molecular complexity index is 220. The average Bonchev–Trinajstić information content (AvgIpc) is 2.31. The number of hydrogen-bond acceptors (Lipinski definition) is 3. The van der Waals surface area contributed by atoms with E-state index in [1.807, 2.05) is 0 Å². The smallest absolute Gasteiger partial charge is 0.150 e. The number of hydrogen-bond donors (Lipinski definition) is 1. The fraction of sp³-hybridized carbons (Fsp3) is 1.00. The molecule has 1 rings (SSSR count). The van der Waals surface area contributed by atoms with E-state index in [0.717, 1.165) is 25.7 Å². The van der Waals surface area contributed by atoms with E-state index in [-0.39, 0.29) is 6.61 Å². The second kappa shape index (κ2) is 4.23. The van der Waals surface area contributed by atoms with E-state index in [4.69, 9.17) is 5.11 Å². The normalized spacial score (nSPS) is 27.6. The van der Waals surface area contributed by atoms with Crippen LogP contribution in [0.5, 0.6) is 0 Å². The molecule has 0 aliphatic carbocycles. The standard InChI is InChI=1S/C8H16O3S/c9-5-2-1-3-8-4-6-12(10,11)7-8/h8-9H,1-7H2. The predicted octanol–water partition coefficient (Wildman–Crippen LogP) is 0.584. The zero-order valence-corrected chi connectivity index (χ0v) is 8.02. The van der Waals surface area contributed by atoms with Gasteiger partial charge in [-0.3, -0.25) is 0 Å². The molecule has 0 saturated carbocycles. The molecule has 1 atom stereocenters. The van der Waals surface area contributed by atoms with Crippen LogP contribution in [0.2, 0.25) is 0 Å². The Morgan fingerprint density at radius 2 is 2.08 bits per heavy atom. The van der Waals surface area contributed by atoms with Gasteiger partial charge in [-0.05, 0) is 25.2 Å². The van der Waals surface area contributed by atoms with E-state index in [1.54, 1.807) is 0 Å². The third kappa shape index (κ3) is 3.11. The lowest BCUT2D eigenvalue weighted by atomic mass is 10.0. The van der Waals surface area contributed by atoms with Gasteiger partial charge in [-0.25, -0.2) is 8.42 Å². The molecule has 0 aromatic heterocycles. The van der Waals surface area contributed by atoms with Gasteiger partial charge in [-0.15, -0.1) is 0 Å². The molecule has 0 aromatic carbocycles. The molecule has 0 aromatic rings. The van der Waals surface area contributed by atoms with Gasteiger partial charge in [0, 0.05) is 6.61 Å². The van der Waals surface area contributed by atoms with Crippen molar-refractivity contribution >= 4 is 9.84 Å². The summed E-state index contributed by atoms with van der Waals surface area (Å²) in [4.78, 5) is 0. The predicted molar refractivity (Wildman–Crippen MR) is 47.7 cm³/mol. The Morgan fingerprint density at radius 1 is 1.33 bits per heavy atom. The van der Waals surface area contributed by atoms with Crippen molar-refractivity contribution in [2.24, 2.45) is 5.92 Å². The van der Waals surface area contributed by atoms with Gasteiger partial charge in [-0.2, -0.15) is 0 Å². The van der Waals surface area contributed by atoms with E-state index in [2.05, 4.69) is 0 Å². The van der Waals surface area contributed by atoms with Crippen LogP contribution in [0.3, 0.4) is 0 Å². The van der Waals surface area contributed by atoms with Crippen LogP contribution in [0.4, 0.5) is 0 Å². The van der Waals surface area contributed by atoms with Gasteiger partial charge in [0.05, 0.1) is 11.5 Å². The molecule has 3 nitrogen and oxygen atoms in total. The Labute approximate surface area is 73.7 Å². The lowest BCUT2D eigenvalue weighted by molar-refractivity contribution is 0.279. The number of aliphatic hydroxyl groups is 1. The molecule has 12 heavy (non-hydrogen) atoms. The van der Waals surface area contributed by atoms with Crippen molar-refractivity contribution in [3.05, 3.63) is 0 Å². The SMILES string of the molecule is O=S1(=O)CCC(CCCCO)C1.